The number of para-hydroxylation sites is 1. The van der Waals surface area contributed by atoms with E-state index in [1.807, 2.05) is 66.7 Å². The summed E-state index contributed by atoms with van der Waals surface area (Å²) in [4.78, 5) is 37.5. The van der Waals surface area contributed by atoms with E-state index in [4.69, 9.17) is 9.47 Å². The number of hydrogen-bond acceptors (Lipinski definition) is 6. The summed E-state index contributed by atoms with van der Waals surface area (Å²) in [6.45, 7) is 0.0995. The molecule has 0 aliphatic rings. The highest BCUT2D eigenvalue weighted by Gasteiger charge is 2.38. The van der Waals surface area contributed by atoms with E-state index >= 15 is 0 Å². The molecule has 0 saturated heterocycles. The van der Waals surface area contributed by atoms with Crippen molar-refractivity contribution in [3.63, 3.8) is 0 Å². The van der Waals surface area contributed by atoms with Crippen molar-refractivity contribution in [2.75, 3.05) is 6.16 Å². The van der Waals surface area contributed by atoms with Crippen LogP contribution in [0.25, 0.3) is 0 Å². The van der Waals surface area contributed by atoms with Gasteiger partial charge in [-0.05, 0) is 41.2 Å². The average Bonchev–Trinajstić information content (AvgIpc) is 3.01. The van der Waals surface area contributed by atoms with Crippen LogP contribution in [-0.2, 0) is 43.3 Å². The number of phenols is 1. The van der Waals surface area contributed by atoms with E-state index < -0.39 is 30.9 Å². The van der Waals surface area contributed by atoms with Crippen molar-refractivity contribution in [2.45, 2.75) is 38.1 Å². The molecule has 0 aromatic heterocycles. The molecule has 3 unspecified atom stereocenters. The van der Waals surface area contributed by atoms with Gasteiger partial charge in [-0.1, -0.05) is 109 Å². The van der Waals surface area contributed by atoms with Gasteiger partial charge in [0.05, 0.1) is 11.6 Å². The molecule has 4 rings (SSSR count). The zero-order valence-corrected chi connectivity index (χ0v) is 24.1. The molecule has 4 aromatic carbocycles. The van der Waals surface area contributed by atoms with E-state index in [-0.39, 0.29) is 44.4 Å². The molecule has 218 valence electrons. The maximum absolute atomic E-state index is 14.1. The van der Waals surface area contributed by atoms with Gasteiger partial charge in [0.25, 0.3) is 0 Å². The van der Waals surface area contributed by atoms with Gasteiger partial charge in [-0.25, -0.2) is 0 Å². The van der Waals surface area contributed by atoms with Gasteiger partial charge in [-0.15, -0.1) is 0 Å². The second-order valence-corrected chi connectivity index (χ2v) is 12.7. The summed E-state index contributed by atoms with van der Waals surface area (Å²) in [5.41, 5.74) is 1.86. The average molecular weight is 587 g/mol. The van der Waals surface area contributed by atoms with Gasteiger partial charge in [0.15, 0.2) is 0 Å². The third-order valence-electron chi connectivity index (χ3n) is 7.06. The number of ether oxygens (including phenoxy) is 2. The first-order valence-electron chi connectivity index (χ1n) is 13.9. The maximum atomic E-state index is 14.1. The standard InChI is InChI=1S/C34H35O7P/c35-31-19-11-10-18-29(31)22-32(28-16-8-3-9-17-28)42(38,39)25-30(34(37)41-24-27-14-6-2-7-15-27)20-21-33(36)40-23-26-12-4-1-5-13-26/h1-19,30,32,35H,20-25H2,(H,38,39). The number of benzene rings is 4. The monoisotopic (exact) mass is 586 g/mol. The highest BCUT2D eigenvalue weighted by molar-refractivity contribution is 7.58. The van der Waals surface area contributed by atoms with Gasteiger partial charge in [0.1, 0.15) is 19.0 Å². The van der Waals surface area contributed by atoms with E-state index in [2.05, 4.69) is 0 Å². The van der Waals surface area contributed by atoms with Crippen LogP contribution in [0.4, 0.5) is 0 Å². The Morgan fingerprint density at radius 2 is 1.24 bits per heavy atom. The minimum absolute atomic E-state index is 0.00432. The highest BCUT2D eigenvalue weighted by Crippen LogP contribution is 2.58. The molecule has 0 saturated carbocycles. The Morgan fingerprint density at radius 1 is 0.714 bits per heavy atom. The molecule has 0 spiro atoms. The first-order chi connectivity index (χ1) is 20.3. The number of hydrogen-bond donors (Lipinski definition) is 2. The SMILES string of the molecule is O=C(CCC(CP(=O)(O)C(Cc1ccccc1O)c1ccccc1)C(=O)OCc1ccccc1)OCc1ccccc1. The van der Waals surface area contributed by atoms with Crippen LogP contribution in [0.3, 0.4) is 0 Å². The van der Waals surface area contributed by atoms with Crippen LogP contribution >= 0.6 is 7.37 Å². The Labute approximate surface area is 246 Å². The van der Waals surface area contributed by atoms with Crippen molar-refractivity contribution >= 4 is 19.3 Å². The number of carbonyl (C=O) groups is 2. The number of rotatable bonds is 14. The molecule has 0 aliphatic heterocycles. The van der Waals surface area contributed by atoms with Crippen LogP contribution in [0.2, 0.25) is 0 Å². The van der Waals surface area contributed by atoms with Gasteiger partial charge in [0.2, 0.25) is 7.37 Å². The molecule has 0 amide bonds. The summed E-state index contributed by atoms with van der Waals surface area (Å²) in [5.74, 6) is -2.16. The van der Waals surface area contributed by atoms with Crippen LogP contribution in [0.5, 0.6) is 5.75 Å². The molecule has 0 radical (unpaired) electrons. The summed E-state index contributed by atoms with van der Waals surface area (Å²) in [5, 5.41) is 10.4. The number of carbonyl (C=O) groups excluding carboxylic acids is 2. The smallest absolute Gasteiger partial charge is 0.309 e. The van der Waals surface area contributed by atoms with E-state index in [9.17, 15) is 24.2 Å². The fraction of sp³-hybridized carbons (Fsp3) is 0.235. The fourth-order valence-corrected chi connectivity index (χ4v) is 7.07. The van der Waals surface area contributed by atoms with Crippen molar-refractivity contribution in [1.82, 2.24) is 0 Å². The molecular weight excluding hydrogens is 551 g/mol. The first kappa shape index (κ1) is 30.8. The number of phenolic OH excluding ortho intramolecular Hbond substituents is 1. The van der Waals surface area contributed by atoms with Gasteiger partial charge in [0, 0.05) is 12.6 Å². The van der Waals surface area contributed by atoms with E-state index in [0.29, 0.717) is 11.1 Å². The quantitative estimate of drug-likeness (QED) is 0.123. The summed E-state index contributed by atoms with van der Waals surface area (Å²) >= 11 is 0. The van der Waals surface area contributed by atoms with Crippen LogP contribution in [0, 0.1) is 5.92 Å². The Morgan fingerprint density at radius 3 is 1.83 bits per heavy atom. The minimum Gasteiger partial charge on any atom is -0.508 e. The fourth-order valence-electron chi connectivity index (χ4n) is 4.74. The Hall–Kier alpha value is -4.19. The Balaban J connectivity index is 1.52. The molecule has 8 heteroatoms. The molecule has 0 heterocycles. The lowest BCUT2D eigenvalue weighted by Gasteiger charge is -2.27. The lowest BCUT2D eigenvalue weighted by Crippen LogP contribution is -2.24. The molecule has 0 aliphatic carbocycles. The van der Waals surface area contributed by atoms with E-state index in [1.165, 1.54) is 6.07 Å². The highest BCUT2D eigenvalue weighted by atomic mass is 31.2. The minimum atomic E-state index is -4.10. The van der Waals surface area contributed by atoms with Crippen molar-refractivity contribution in [3.8, 4) is 5.75 Å². The van der Waals surface area contributed by atoms with Gasteiger partial charge < -0.3 is 19.5 Å². The van der Waals surface area contributed by atoms with Crippen LogP contribution < -0.4 is 0 Å². The van der Waals surface area contributed by atoms with Gasteiger partial charge in [-0.3, -0.25) is 14.2 Å². The summed E-state index contributed by atoms with van der Waals surface area (Å²) in [7, 11) is -4.10. The molecule has 4 aromatic rings. The van der Waals surface area contributed by atoms with E-state index in [0.717, 1.165) is 11.1 Å². The topological polar surface area (TPSA) is 110 Å². The number of esters is 2. The zero-order valence-electron chi connectivity index (χ0n) is 23.2. The Kier molecular flexibility index (Phi) is 11.1. The summed E-state index contributed by atoms with van der Waals surface area (Å²) in [6.07, 6.45) is -0.424. The third kappa shape index (κ3) is 9.16. The molecule has 0 bridgehead atoms. The predicted molar refractivity (Wildman–Crippen MR) is 161 cm³/mol. The van der Waals surface area contributed by atoms with Crippen LogP contribution in [0.15, 0.2) is 115 Å². The van der Waals surface area contributed by atoms with Gasteiger partial charge >= 0.3 is 11.9 Å². The van der Waals surface area contributed by atoms with Crippen LogP contribution in [0.1, 0.15) is 40.8 Å². The van der Waals surface area contributed by atoms with Gasteiger partial charge in [-0.2, -0.15) is 0 Å². The molecule has 42 heavy (non-hydrogen) atoms. The van der Waals surface area contributed by atoms with Crippen molar-refractivity contribution in [1.29, 1.82) is 0 Å². The molecular formula is C34H35O7P. The van der Waals surface area contributed by atoms with E-state index in [1.54, 1.807) is 42.5 Å². The van der Waals surface area contributed by atoms with Crippen LogP contribution in [-0.4, -0.2) is 28.1 Å². The largest absolute Gasteiger partial charge is 0.508 e. The normalized spacial score (nSPS) is 13.8. The van der Waals surface area contributed by atoms with Crippen molar-refractivity contribution < 1.29 is 33.6 Å². The number of aromatic hydroxyl groups is 1. The predicted octanol–water partition coefficient (Wildman–Crippen LogP) is 6.83. The third-order valence-corrected chi connectivity index (χ3v) is 9.47. The molecule has 3 atom stereocenters. The Bertz CT molecular complexity index is 1480. The second kappa shape index (κ2) is 15.2. The lowest BCUT2D eigenvalue weighted by molar-refractivity contribution is -0.150. The van der Waals surface area contributed by atoms with Crippen molar-refractivity contribution in [2.24, 2.45) is 5.92 Å². The lowest BCUT2D eigenvalue weighted by atomic mass is 10.0. The summed E-state index contributed by atoms with van der Waals surface area (Å²) < 4.78 is 25.1. The maximum Gasteiger partial charge on any atom is 0.309 e. The summed E-state index contributed by atoms with van der Waals surface area (Å²) in [6, 6.07) is 34.0. The van der Waals surface area contributed by atoms with Crippen molar-refractivity contribution in [3.05, 3.63) is 138 Å². The molecule has 2 N–H and O–H groups in total. The zero-order chi connectivity index (χ0) is 29.8. The first-order valence-corrected chi connectivity index (χ1v) is 15.8. The molecule has 7 nitrogen and oxygen atoms in total. The second-order valence-electron chi connectivity index (χ2n) is 10.2. The molecule has 0 fully saturated rings.